The van der Waals surface area contributed by atoms with Crippen LogP contribution < -0.4 is 26.4 Å². The summed E-state index contributed by atoms with van der Waals surface area (Å²) in [7, 11) is 0. The molecular weight excluding hydrogens is 372 g/mol. The number of primary amides is 1. The van der Waals surface area contributed by atoms with E-state index in [1.54, 1.807) is 6.07 Å². The van der Waals surface area contributed by atoms with Gasteiger partial charge in [-0.05, 0) is 30.3 Å². The van der Waals surface area contributed by atoms with Crippen LogP contribution >= 0.6 is 0 Å². The van der Waals surface area contributed by atoms with Crippen molar-refractivity contribution in [2.45, 2.75) is 6.10 Å². The number of para-hydroxylation sites is 1. The minimum Gasteiger partial charge on any atom is -0.489 e. The number of ether oxygens (including phenoxy) is 1. The summed E-state index contributed by atoms with van der Waals surface area (Å²) in [5.41, 5.74) is 7.87. The lowest BCUT2D eigenvalue weighted by molar-refractivity contribution is 0.100. The second-order valence-corrected chi connectivity index (χ2v) is 6.49. The molecule has 29 heavy (non-hydrogen) atoms. The Bertz CT molecular complexity index is 1030. The van der Waals surface area contributed by atoms with E-state index in [1.807, 2.05) is 42.5 Å². The van der Waals surface area contributed by atoms with Crippen LogP contribution in [0, 0.1) is 0 Å². The van der Waals surface area contributed by atoms with Gasteiger partial charge in [-0.3, -0.25) is 4.79 Å². The summed E-state index contributed by atoms with van der Waals surface area (Å²) >= 11 is 0. The topological polar surface area (TPSA) is 134 Å². The van der Waals surface area contributed by atoms with Crippen LogP contribution in [0.15, 0.2) is 54.7 Å². The molecule has 1 aliphatic rings. The Morgan fingerprint density at radius 3 is 2.79 bits per heavy atom. The zero-order chi connectivity index (χ0) is 20.2. The monoisotopic (exact) mass is 392 g/mol. The fourth-order valence-corrected chi connectivity index (χ4v) is 2.85. The van der Waals surface area contributed by atoms with Crippen molar-refractivity contribution in [3.8, 4) is 5.75 Å². The SMILES string of the molecule is NC(=O)c1cnc(Nc2ccc3c(c2)NCC(O)CO3)nc1Nc1ccccc1. The van der Waals surface area contributed by atoms with E-state index in [1.165, 1.54) is 6.20 Å². The maximum absolute atomic E-state index is 11.7. The number of anilines is 5. The Morgan fingerprint density at radius 1 is 1.17 bits per heavy atom. The fraction of sp³-hybridized carbons (Fsp3) is 0.150. The molecule has 1 aromatic heterocycles. The molecule has 3 aromatic rings. The van der Waals surface area contributed by atoms with E-state index in [-0.39, 0.29) is 12.2 Å². The number of hydrogen-bond donors (Lipinski definition) is 5. The number of rotatable bonds is 5. The van der Waals surface area contributed by atoms with Gasteiger partial charge in [-0.15, -0.1) is 0 Å². The highest BCUT2D eigenvalue weighted by atomic mass is 16.5. The molecule has 0 bridgehead atoms. The molecule has 2 aromatic carbocycles. The van der Waals surface area contributed by atoms with Gasteiger partial charge < -0.3 is 31.5 Å². The molecule has 0 saturated heterocycles. The number of nitrogens with two attached hydrogens (primary N) is 1. The molecule has 0 spiro atoms. The Morgan fingerprint density at radius 2 is 2.00 bits per heavy atom. The average molecular weight is 392 g/mol. The van der Waals surface area contributed by atoms with Gasteiger partial charge in [0, 0.05) is 24.1 Å². The van der Waals surface area contributed by atoms with Crippen LogP contribution in [0.2, 0.25) is 0 Å². The first-order valence-electron chi connectivity index (χ1n) is 9.03. The zero-order valence-electron chi connectivity index (χ0n) is 15.4. The second kappa shape index (κ2) is 8.03. The van der Waals surface area contributed by atoms with E-state index in [9.17, 15) is 9.90 Å². The number of aliphatic hydroxyl groups is 1. The summed E-state index contributed by atoms with van der Waals surface area (Å²) in [5, 5.41) is 19.1. The van der Waals surface area contributed by atoms with Crippen LogP contribution in [0.1, 0.15) is 10.4 Å². The normalized spacial score (nSPS) is 15.3. The highest BCUT2D eigenvalue weighted by molar-refractivity contribution is 5.98. The molecule has 0 saturated carbocycles. The van der Waals surface area contributed by atoms with Gasteiger partial charge in [-0.2, -0.15) is 4.98 Å². The van der Waals surface area contributed by atoms with Crippen molar-refractivity contribution in [1.29, 1.82) is 0 Å². The predicted molar refractivity (Wildman–Crippen MR) is 110 cm³/mol. The standard InChI is InChI=1S/C20H20N6O3/c21-18(28)15-10-23-20(26-19(15)24-12-4-2-1-3-5-12)25-13-6-7-17-16(8-13)22-9-14(27)11-29-17/h1-8,10,14,22,27H,9,11H2,(H2,21,28)(H2,23,24,25,26). The summed E-state index contributed by atoms with van der Waals surface area (Å²) in [6, 6.07) is 14.8. The lowest BCUT2D eigenvalue weighted by Crippen LogP contribution is -2.23. The average Bonchev–Trinajstić information content (AvgIpc) is 2.90. The van der Waals surface area contributed by atoms with Crippen molar-refractivity contribution in [2.75, 3.05) is 29.1 Å². The third kappa shape index (κ3) is 4.36. The van der Waals surface area contributed by atoms with Gasteiger partial charge >= 0.3 is 0 Å². The van der Waals surface area contributed by atoms with Gasteiger partial charge in [0.25, 0.3) is 5.91 Å². The van der Waals surface area contributed by atoms with Crippen LogP contribution in [0.5, 0.6) is 5.75 Å². The number of nitrogens with one attached hydrogen (secondary N) is 3. The number of aromatic nitrogens is 2. The van der Waals surface area contributed by atoms with E-state index in [2.05, 4.69) is 25.9 Å². The molecule has 6 N–H and O–H groups in total. The first-order valence-corrected chi connectivity index (χ1v) is 9.03. The van der Waals surface area contributed by atoms with Gasteiger partial charge in [-0.1, -0.05) is 18.2 Å². The highest BCUT2D eigenvalue weighted by Gasteiger charge is 2.16. The molecule has 0 fully saturated rings. The minimum atomic E-state index is -0.625. The number of β-amino-alcohol motifs (C(OH)–C–C–N with tert-alkyl or cyclic N) is 1. The number of carbonyl (C=O) groups is 1. The Balaban J connectivity index is 1.59. The van der Waals surface area contributed by atoms with Crippen molar-refractivity contribution in [3.63, 3.8) is 0 Å². The lowest BCUT2D eigenvalue weighted by Gasteiger charge is -2.13. The molecule has 0 aliphatic carbocycles. The van der Waals surface area contributed by atoms with Crippen LogP contribution in [0.4, 0.5) is 28.8 Å². The van der Waals surface area contributed by atoms with Crippen molar-refractivity contribution in [1.82, 2.24) is 9.97 Å². The van der Waals surface area contributed by atoms with Crippen molar-refractivity contribution < 1.29 is 14.6 Å². The molecule has 9 heteroatoms. The molecule has 148 valence electrons. The molecule has 9 nitrogen and oxygen atoms in total. The van der Waals surface area contributed by atoms with E-state index in [4.69, 9.17) is 10.5 Å². The smallest absolute Gasteiger partial charge is 0.254 e. The summed E-state index contributed by atoms with van der Waals surface area (Å²) in [6.07, 6.45) is 0.805. The van der Waals surface area contributed by atoms with E-state index in [0.717, 1.165) is 11.4 Å². The minimum absolute atomic E-state index is 0.186. The van der Waals surface area contributed by atoms with E-state index in [0.29, 0.717) is 29.7 Å². The van der Waals surface area contributed by atoms with Crippen LogP contribution in [0.3, 0.4) is 0 Å². The van der Waals surface area contributed by atoms with Crippen molar-refractivity contribution in [2.24, 2.45) is 5.73 Å². The first-order chi connectivity index (χ1) is 14.1. The molecule has 1 atom stereocenters. The summed E-state index contributed by atoms with van der Waals surface area (Å²) < 4.78 is 5.56. The van der Waals surface area contributed by atoms with E-state index < -0.39 is 12.0 Å². The fourth-order valence-electron chi connectivity index (χ4n) is 2.85. The Hall–Kier alpha value is -3.85. The summed E-state index contributed by atoms with van der Waals surface area (Å²) in [6.45, 7) is 0.629. The van der Waals surface area contributed by atoms with Gasteiger partial charge in [0.15, 0.2) is 0 Å². The quantitative estimate of drug-likeness (QED) is 0.446. The van der Waals surface area contributed by atoms with Gasteiger partial charge in [0.2, 0.25) is 5.95 Å². The van der Waals surface area contributed by atoms with Crippen LogP contribution in [0.25, 0.3) is 0 Å². The Labute approximate surface area is 166 Å². The largest absolute Gasteiger partial charge is 0.489 e. The molecule has 1 unspecified atom stereocenters. The third-order valence-electron chi connectivity index (χ3n) is 4.29. The highest BCUT2D eigenvalue weighted by Crippen LogP contribution is 2.31. The van der Waals surface area contributed by atoms with Gasteiger partial charge in [0.1, 0.15) is 29.8 Å². The number of carbonyl (C=O) groups excluding carboxylic acids is 1. The van der Waals surface area contributed by atoms with Crippen LogP contribution in [-0.4, -0.2) is 40.2 Å². The number of benzene rings is 2. The molecule has 0 radical (unpaired) electrons. The van der Waals surface area contributed by atoms with Crippen LogP contribution in [-0.2, 0) is 0 Å². The maximum Gasteiger partial charge on any atom is 0.254 e. The zero-order valence-corrected chi connectivity index (χ0v) is 15.4. The van der Waals surface area contributed by atoms with Crippen molar-refractivity contribution >= 4 is 34.7 Å². The first kappa shape index (κ1) is 18.5. The molecule has 1 amide bonds. The number of fused-ring (bicyclic) bond motifs is 1. The molecule has 1 aliphatic heterocycles. The predicted octanol–water partition coefficient (Wildman–Crippen LogP) is 2.23. The molecule has 2 heterocycles. The number of hydrogen-bond acceptors (Lipinski definition) is 8. The van der Waals surface area contributed by atoms with Crippen molar-refractivity contribution in [3.05, 3.63) is 60.3 Å². The lowest BCUT2D eigenvalue weighted by atomic mass is 10.2. The third-order valence-corrected chi connectivity index (χ3v) is 4.29. The number of aliphatic hydroxyl groups excluding tert-OH is 1. The molecule has 4 rings (SSSR count). The van der Waals surface area contributed by atoms with Gasteiger partial charge in [0.05, 0.1) is 5.69 Å². The maximum atomic E-state index is 11.7. The summed E-state index contributed by atoms with van der Waals surface area (Å²) in [4.78, 5) is 20.3. The van der Waals surface area contributed by atoms with Gasteiger partial charge in [-0.25, -0.2) is 4.98 Å². The number of nitrogens with zero attached hydrogens (tertiary/aromatic N) is 2. The summed E-state index contributed by atoms with van der Waals surface area (Å²) in [5.74, 6) is 0.631. The number of amides is 1. The van der Waals surface area contributed by atoms with E-state index >= 15 is 0 Å². The second-order valence-electron chi connectivity index (χ2n) is 6.49. The molecular formula is C20H20N6O3. The Kier molecular flexibility index (Phi) is 5.12.